The molecule has 0 atom stereocenters. The first-order chi connectivity index (χ1) is 14.0. The highest BCUT2D eigenvalue weighted by molar-refractivity contribution is 7.99. The zero-order valence-electron chi connectivity index (χ0n) is 15.0. The van der Waals surface area contributed by atoms with E-state index in [1.165, 1.54) is 12.1 Å². The van der Waals surface area contributed by atoms with Crippen LogP contribution >= 0.6 is 23.4 Å². The number of benzene rings is 2. The Morgan fingerprint density at radius 3 is 2.66 bits per heavy atom. The molecule has 0 unspecified atom stereocenters. The van der Waals surface area contributed by atoms with Crippen molar-refractivity contribution in [1.82, 2.24) is 15.5 Å². The van der Waals surface area contributed by atoms with Crippen LogP contribution in [0.25, 0.3) is 11.5 Å². The number of aromatic nitrogens is 2. The molecule has 0 bridgehead atoms. The molecule has 0 saturated heterocycles. The van der Waals surface area contributed by atoms with Crippen LogP contribution in [0.5, 0.6) is 5.75 Å². The Bertz CT molecular complexity index is 954. The van der Waals surface area contributed by atoms with Crippen LogP contribution in [0.1, 0.15) is 5.56 Å². The van der Waals surface area contributed by atoms with Gasteiger partial charge in [-0.25, -0.2) is 0 Å². The zero-order valence-corrected chi connectivity index (χ0v) is 16.6. The Labute approximate surface area is 174 Å². The van der Waals surface area contributed by atoms with E-state index in [0.29, 0.717) is 23.6 Å². The molecule has 1 heterocycles. The highest BCUT2D eigenvalue weighted by Crippen LogP contribution is 2.28. The minimum atomic E-state index is -2.85. The number of nitrogens with zero attached hydrogens (tertiary/aromatic N) is 2. The molecule has 0 spiro atoms. The van der Waals surface area contributed by atoms with Gasteiger partial charge in [-0.15, -0.1) is 10.2 Å². The van der Waals surface area contributed by atoms with Gasteiger partial charge in [-0.1, -0.05) is 47.6 Å². The number of hydrogen-bond donors (Lipinski definition) is 1. The van der Waals surface area contributed by atoms with Gasteiger partial charge in [-0.05, 0) is 36.2 Å². The fourth-order valence-corrected chi connectivity index (χ4v) is 3.18. The number of nitrogens with one attached hydrogen (secondary N) is 1. The van der Waals surface area contributed by atoms with Crippen LogP contribution in [0.15, 0.2) is 58.2 Å². The van der Waals surface area contributed by atoms with E-state index in [4.69, 9.17) is 16.0 Å². The van der Waals surface area contributed by atoms with Crippen molar-refractivity contribution < 1.29 is 22.7 Å². The maximum Gasteiger partial charge on any atom is 0.387 e. The lowest BCUT2D eigenvalue weighted by atomic mass is 10.1. The summed E-state index contributed by atoms with van der Waals surface area (Å²) in [7, 11) is 0. The fraction of sp³-hybridized carbons (Fsp3) is 0.211. The number of ether oxygens (including phenoxy) is 1. The van der Waals surface area contributed by atoms with E-state index in [0.717, 1.165) is 17.3 Å². The number of alkyl halides is 2. The third-order valence-corrected chi connectivity index (χ3v) is 4.87. The molecule has 6 nitrogen and oxygen atoms in total. The molecule has 0 aliphatic rings. The molecule has 0 fully saturated rings. The molecule has 3 aromatic rings. The second kappa shape index (κ2) is 10.2. The smallest absolute Gasteiger partial charge is 0.387 e. The topological polar surface area (TPSA) is 77.2 Å². The summed E-state index contributed by atoms with van der Waals surface area (Å²) >= 11 is 7.22. The van der Waals surface area contributed by atoms with Crippen LogP contribution in [0.4, 0.5) is 8.78 Å². The van der Waals surface area contributed by atoms with Crippen molar-refractivity contribution in [2.24, 2.45) is 0 Å². The van der Waals surface area contributed by atoms with Gasteiger partial charge in [0.15, 0.2) is 0 Å². The minimum absolute atomic E-state index is 0.0971. The van der Waals surface area contributed by atoms with Gasteiger partial charge in [-0.2, -0.15) is 8.78 Å². The summed E-state index contributed by atoms with van der Waals surface area (Å²) in [4.78, 5) is 12.0. The molecule has 29 heavy (non-hydrogen) atoms. The standard InChI is InChI=1S/C19H16ClF2N3O3S/c20-15-4-2-1-3-14(15)17-24-25-19(28-17)29-11-16(26)23-10-9-12-5-7-13(8-6-12)27-18(21)22/h1-8,18H,9-11H2,(H,23,26). The molecular formula is C19H16ClF2N3O3S. The van der Waals surface area contributed by atoms with Crippen molar-refractivity contribution in [1.29, 1.82) is 0 Å². The normalized spacial score (nSPS) is 10.9. The largest absolute Gasteiger partial charge is 0.435 e. The second-order valence-corrected chi connectivity index (χ2v) is 7.10. The maximum atomic E-state index is 12.1. The van der Waals surface area contributed by atoms with Crippen LogP contribution in [0, 0.1) is 0 Å². The van der Waals surface area contributed by atoms with Gasteiger partial charge in [0, 0.05) is 6.54 Å². The highest BCUT2D eigenvalue weighted by Gasteiger charge is 2.13. The molecule has 1 N–H and O–H groups in total. The van der Waals surface area contributed by atoms with Crippen LogP contribution in [-0.4, -0.2) is 35.0 Å². The SMILES string of the molecule is O=C(CSc1nnc(-c2ccccc2Cl)o1)NCCc1ccc(OC(F)F)cc1. The number of carbonyl (C=O) groups is 1. The Balaban J connectivity index is 1.41. The summed E-state index contributed by atoms with van der Waals surface area (Å²) in [5.74, 6) is 0.313. The fourth-order valence-electron chi connectivity index (χ4n) is 2.37. The van der Waals surface area contributed by atoms with Crippen LogP contribution in [0.2, 0.25) is 5.02 Å². The van der Waals surface area contributed by atoms with Crippen LogP contribution in [-0.2, 0) is 11.2 Å². The number of hydrogen-bond acceptors (Lipinski definition) is 6. The summed E-state index contributed by atoms with van der Waals surface area (Å²) in [5.41, 5.74) is 1.52. The summed E-state index contributed by atoms with van der Waals surface area (Å²) < 4.78 is 34.1. The molecule has 0 saturated carbocycles. The average molecular weight is 440 g/mol. The average Bonchev–Trinajstić information content (AvgIpc) is 3.16. The molecular weight excluding hydrogens is 424 g/mol. The summed E-state index contributed by atoms with van der Waals surface area (Å²) in [6.45, 7) is -2.44. The van der Waals surface area contributed by atoms with Gasteiger partial charge in [-0.3, -0.25) is 4.79 Å². The van der Waals surface area contributed by atoms with Crippen molar-refractivity contribution in [3.05, 3.63) is 59.1 Å². The van der Waals surface area contributed by atoms with E-state index in [-0.39, 0.29) is 28.5 Å². The predicted molar refractivity (Wildman–Crippen MR) is 105 cm³/mol. The lowest BCUT2D eigenvalue weighted by Gasteiger charge is -2.07. The van der Waals surface area contributed by atoms with E-state index >= 15 is 0 Å². The molecule has 0 radical (unpaired) electrons. The maximum absolute atomic E-state index is 12.1. The van der Waals surface area contributed by atoms with Crippen LogP contribution in [0.3, 0.4) is 0 Å². The van der Waals surface area contributed by atoms with Gasteiger partial charge >= 0.3 is 6.61 Å². The van der Waals surface area contributed by atoms with Crippen molar-refractivity contribution in [2.45, 2.75) is 18.3 Å². The van der Waals surface area contributed by atoms with Gasteiger partial charge in [0.25, 0.3) is 5.22 Å². The molecule has 2 aromatic carbocycles. The first-order valence-electron chi connectivity index (χ1n) is 8.53. The van der Waals surface area contributed by atoms with E-state index in [1.807, 2.05) is 6.07 Å². The summed E-state index contributed by atoms with van der Waals surface area (Å²) in [6.07, 6.45) is 0.558. The van der Waals surface area contributed by atoms with Gasteiger partial charge in [0.05, 0.1) is 16.3 Å². The molecule has 0 aliphatic heterocycles. The number of halogens is 3. The first-order valence-corrected chi connectivity index (χ1v) is 9.89. The third kappa shape index (κ3) is 6.43. The lowest BCUT2D eigenvalue weighted by molar-refractivity contribution is -0.118. The van der Waals surface area contributed by atoms with Crippen molar-refractivity contribution >= 4 is 29.3 Å². The number of amides is 1. The van der Waals surface area contributed by atoms with E-state index in [2.05, 4.69) is 20.3 Å². The minimum Gasteiger partial charge on any atom is -0.435 e. The second-order valence-electron chi connectivity index (χ2n) is 5.76. The Morgan fingerprint density at radius 1 is 1.17 bits per heavy atom. The quantitative estimate of drug-likeness (QED) is 0.496. The Kier molecular flexibility index (Phi) is 7.42. The molecule has 0 aliphatic carbocycles. The Morgan fingerprint density at radius 2 is 1.93 bits per heavy atom. The molecule has 10 heteroatoms. The lowest BCUT2D eigenvalue weighted by Crippen LogP contribution is -2.27. The van der Waals surface area contributed by atoms with E-state index < -0.39 is 6.61 Å². The van der Waals surface area contributed by atoms with Crippen LogP contribution < -0.4 is 10.1 Å². The van der Waals surface area contributed by atoms with Gasteiger partial charge < -0.3 is 14.5 Å². The van der Waals surface area contributed by atoms with E-state index in [1.54, 1.807) is 30.3 Å². The first kappa shape index (κ1) is 21.1. The highest BCUT2D eigenvalue weighted by atomic mass is 35.5. The summed E-state index contributed by atoms with van der Waals surface area (Å²) in [6, 6.07) is 13.4. The molecule has 152 valence electrons. The number of carbonyl (C=O) groups excluding carboxylic acids is 1. The summed E-state index contributed by atoms with van der Waals surface area (Å²) in [5, 5.41) is 11.4. The van der Waals surface area contributed by atoms with Gasteiger partial charge in [0.1, 0.15) is 5.75 Å². The van der Waals surface area contributed by atoms with Gasteiger partial charge in [0.2, 0.25) is 11.8 Å². The zero-order chi connectivity index (χ0) is 20.6. The third-order valence-electron chi connectivity index (χ3n) is 3.72. The molecule has 1 aromatic heterocycles. The van der Waals surface area contributed by atoms with Crippen molar-refractivity contribution in [3.8, 4) is 17.2 Å². The van der Waals surface area contributed by atoms with Crippen molar-refractivity contribution in [2.75, 3.05) is 12.3 Å². The Hall–Kier alpha value is -2.65. The predicted octanol–water partition coefficient (Wildman–Crippen LogP) is 4.44. The number of thioether (sulfide) groups is 1. The molecule has 3 rings (SSSR count). The monoisotopic (exact) mass is 439 g/mol. The number of rotatable bonds is 9. The van der Waals surface area contributed by atoms with E-state index in [9.17, 15) is 13.6 Å². The molecule has 1 amide bonds. The van der Waals surface area contributed by atoms with Crippen molar-refractivity contribution in [3.63, 3.8) is 0 Å².